The minimum absolute atomic E-state index is 0.589. The number of allylic oxidation sites excluding steroid dienone is 1. The van der Waals surface area contributed by atoms with Gasteiger partial charge in [-0.3, -0.25) is 0 Å². The van der Waals surface area contributed by atoms with Gasteiger partial charge in [-0.1, -0.05) is 52.3 Å². The molecule has 0 fully saturated rings. The van der Waals surface area contributed by atoms with Crippen LogP contribution in [-0.4, -0.2) is 5.33 Å². The molecule has 0 nitrogen and oxygen atoms in total. The maximum absolute atomic E-state index is 3.49. The minimum Gasteiger partial charge on any atom is -0.0918 e. The van der Waals surface area contributed by atoms with Gasteiger partial charge in [-0.2, -0.15) is 0 Å². The molecule has 0 saturated heterocycles. The van der Waals surface area contributed by atoms with Gasteiger partial charge >= 0.3 is 0 Å². The van der Waals surface area contributed by atoms with Crippen molar-refractivity contribution in [2.45, 2.75) is 5.92 Å². The van der Waals surface area contributed by atoms with E-state index in [0.717, 1.165) is 5.33 Å². The normalized spacial score (nSPS) is 20.3. The van der Waals surface area contributed by atoms with Crippen molar-refractivity contribution in [3.8, 4) is 0 Å². The van der Waals surface area contributed by atoms with E-state index in [1.54, 1.807) is 0 Å². The van der Waals surface area contributed by atoms with E-state index in [0.29, 0.717) is 5.92 Å². The number of alkyl halides is 1. The molecular formula is C10H9Br. The summed E-state index contributed by atoms with van der Waals surface area (Å²) in [6.07, 6.45) is 4.45. The first kappa shape index (κ1) is 7.11. The summed E-state index contributed by atoms with van der Waals surface area (Å²) in [7, 11) is 0. The van der Waals surface area contributed by atoms with Gasteiger partial charge < -0.3 is 0 Å². The zero-order valence-corrected chi connectivity index (χ0v) is 7.71. The Morgan fingerprint density at radius 3 is 2.91 bits per heavy atom. The lowest BCUT2D eigenvalue weighted by Crippen LogP contribution is -1.92. The second-order valence-corrected chi connectivity index (χ2v) is 3.40. The molecule has 0 amide bonds. The van der Waals surface area contributed by atoms with E-state index < -0.39 is 0 Å². The van der Waals surface area contributed by atoms with Gasteiger partial charge in [0, 0.05) is 11.2 Å². The highest BCUT2D eigenvalue weighted by molar-refractivity contribution is 9.09. The van der Waals surface area contributed by atoms with Crippen LogP contribution in [0.15, 0.2) is 30.3 Å². The SMILES string of the molecule is BrCC1C=Cc2ccccc21. The largest absolute Gasteiger partial charge is 0.0918 e. The topological polar surface area (TPSA) is 0 Å². The first-order valence-electron chi connectivity index (χ1n) is 3.75. The standard InChI is InChI=1S/C10H9Br/c11-7-9-6-5-8-3-1-2-4-10(8)9/h1-6,9H,7H2. The van der Waals surface area contributed by atoms with Gasteiger partial charge in [0.05, 0.1) is 0 Å². The maximum Gasteiger partial charge on any atom is 0.0135 e. The molecule has 0 aliphatic heterocycles. The summed E-state index contributed by atoms with van der Waals surface area (Å²) in [4.78, 5) is 0. The van der Waals surface area contributed by atoms with Crippen molar-refractivity contribution in [1.29, 1.82) is 0 Å². The zero-order chi connectivity index (χ0) is 7.68. The van der Waals surface area contributed by atoms with Gasteiger partial charge in [0.15, 0.2) is 0 Å². The molecule has 0 aromatic heterocycles. The molecular weight excluding hydrogens is 200 g/mol. The van der Waals surface area contributed by atoms with Crippen molar-refractivity contribution in [3.63, 3.8) is 0 Å². The lowest BCUT2D eigenvalue weighted by atomic mass is 10.0. The summed E-state index contributed by atoms with van der Waals surface area (Å²) in [6.45, 7) is 0. The van der Waals surface area contributed by atoms with E-state index in [1.165, 1.54) is 11.1 Å². The van der Waals surface area contributed by atoms with Crippen LogP contribution in [0.1, 0.15) is 17.0 Å². The van der Waals surface area contributed by atoms with E-state index in [1.807, 2.05) is 0 Å². The molecule has 11 heavy (non-hydrogen) atoms. The van der Waals surface area contributed by atoms with Crippen LogP contribution in [-0.2, 0) is 0 Å². The van der Waals surface area contributed by atoms with Crippen LogP contribution >= 0.6 is 15.9 Å². The molecule has 0 bridgehead atoms. The Morgan fingerprint density at radius 2 is 2.09 bits per heavy atom. The Morgan fingerprint density at radius 1 is 1.27 bits per heavy atom. The molecule has 2 rings (SSSR count). The molecule has 1 aromatic carbocycles. The molecule has 0 spiro atoms. The van der Waals surface area contributed by atoms with Crippen LogP contribution in [0.3, 0.4) is 0 Å². The smallest absolute Gasteiger partial charge is 0.0135 e. The number of hydrogen-bond donors (Lipinski definition) is 0. The third-order valence-electron chi connectivity index (χ3n) is 2.07. The van der Waals surface area contributed by atoms with Crippen molar-refractivity contribution in [1.82, 2.24) is 0 Å². The number of benzene rings is 1. The lowest BCUT2D eigenvalue weighted by molar-refractivity contribution is 1.02. The predicted octanol–water partition coefficient (Wildman–Crippen LogP) is 3.19. The van der Waals surface area contributed by atoms with Crippen LogP contribution in [0.5, 0.6) is 0 Å². The summed E-state index contributed by atoms with van der Waals surface area (Å²) in [5.41, 5.74) is 2.82. The summed E-state index contributed by atoms with van der Waals surface area (Å²) >= 11 is 3.49. The quantitative estimate of drug-likeness (QED) is 0.623. The second kappa shape index (κ2) is 2.82. The van der Waals surface area contributed by atoms with Gasteiger partial charge in [0.25, 0.3) is 0 Å². The third-order valence-corrected chi connectivity index (χ3v) is 2.77. The molecule has 56 valence electrons. The third kappa shape index (κ3) is 1.14. The summed E-state index contributed by atoms with van der Waals surface area (Å²) in [5, 5.41) is 1.03. The highest BCUT2D eigenvalue weighted by atomic mass is 79.9. The Labute approximate surface area is 75.1 Å². The van der Waals surface area contributed by atoms with E-state index >= 15 is 0 Å². The highest BCUT2D eigenvalue weighted by Gasteiger charge is 2.14. The van der Waals surface area contributed by atoms with Gasteiger partial charge in [-0.15, -0.1) is 0 Å². The molecule has 1 heteroatoms. The van der Waals surface area contributed by atoms with Crippen LogP contribution in [0.4, 0.5) is 0 Å². The van der Waals surface area contributed by atoms with Crippen molar-refractivity contribution in [3.05, 3.63) is 41.5 Å². The van der Waals surface area contributed by atoms with Crippen molar-refractivity contribution < 1.29 is 0 Å². The Hall–Kier alpha value is -0.560. The van der Waals surface area contributed by atoms with Crippen LogP contribution in [0.2, 0.25) is 0 Å². The summed E-state index contributed by atoms with van der Waals surface area (Å²) in [6, 6.07) is 8.54. The predicted molar refractivity (Wildman–Crippen MR) is 52.0 cm³/mol. The van der Waals surface area contributed by atoms with Crippen molar-refractivity contribution in [2.24, 2.45) is 0 Å². The first-order chi connectivity index (χ1) is 5.42. The zero-order valence-electron chi connectivity index (χ0n) is 6.13. The molecule has 0 heterocycles. The number of fused-ring (bicyclic) bond motifs is 1. The van der Waals surface area contributed by atoms with Crippen LogP contribution in [0.25, 0.3) is 6.08 Å². The summed E-state index contributed by atoms with van der Waals surface area (Å²) < 4.78 is 0. The van der Waals surface area contributed by atoms with Crippen molar-refractivity contribution >= 4 is 22.0 Å². The minimum atomic E-state index is 0.589. The summed E-state index contributed by atoms with van der Waals surface area (Å²) in [5.74, 6) is 0.589. The van der Waals surface area contributed by atoms with Crippen LogP contribution < -0.4 is 0 Å². The monoisotopic (exact) mass is 208 g/mol. The van der Waals surface area contributed by atoms with Crippen LogP contribution in [0, 0.1) is 0 Å². The molecule has 1 aliphatic carbocycles. The van der Waals surface area contributed by atoms with E-state index in [4.69, 9.17) is 0 Å². The molecule has 1 unspecified atom stereocenters. The van der Waals surface area contributed by atoms with Gasteiger partial charge in [0.2, 0.25) is 0 Å². The van der Waals surface area contributed by atoms with E-state index in [9.17, 15) is 0 Å². The molecule has 1 aliphatic rings. The average molecular weight is 209 g/mol. The Bertz CT molecular complexity index is 289. The Kier molecular flexibility index (Phi) is 1.82. The Balaban J connectivity index is 2.46. The molecule has 0 radical (unpaired) electrons. The molecule has 0 saturated carbocycles. The average Bonchev–Trinajstić information content (AvgIpc) is 2.47. The first-order valence-corrected chi connectivity index (χ1v) is 4.87. The number of halogens is 1. The fourth-order valence-electron chi connectivity index (χ4n) is 1.46. The number of rotatable bonds is 1. The fourth-order valence-corrected chi connectivity index (χ4v) is 2.02. The highest BCUT2D eigenvalue weighted by Crippen LogP contribution is 2.30. The molecule has 1 aromatic rings. The fraction of sp³-hybridized carbons (Fsp3) is 0.200. The number of hydrogen-bond acceptors (Lipinski definition) is 0. The van der Waals surface area contributed by atoms with E-state index in [-0.39, 0.29) is 0 Å². The van der Waals surface area contributed by atoms with E-state index in [2.05, 4.69) is 52.3 Å². The molecule has 1 atom stereocenters. The van der Waals surface area contributed by atoms with Gasteiger partial charge in [0.1, 0.15) is 0 Å². The van der Waals surface area contributed by atoms with Gasteiger partial charge in [-0.05, 0) is 11.1 Å². The second-order valence-electron chi connectivity index (χ2n) is 2.75. The maximum atomic E-state index is 3.49. The molecule has 0 N–H and O–H groups in total. The van der Waals surface area contributed by atoms with Crippen molar-refractivity contribution in [2.75, 3.05) is 5.33 Å². The lowest BCUT2D eigenvalue weighted by Gasteiger charge is -2.05. The van der Waals surface area contributed by atoms with Gasteiger partial charge in [-0.25, -0.2) is 0 Å².